The van der Waals surface area contributed by atoms with Crippen LogP contribution in [-0.4, -0.2) is 10.9 Å². The second kappa shape index (κ2) is 5.88. The Morgan fingerprint density at radius 1 is 1.35 bits per heavy atom. The molecule has 0 unspecified atom stereocenters. The molecule has 0 aliphatic heterocycles. The molecule has 2 rings (SSSR count). The predicted octanol–water partition coefficient (Wildman–Crippen LogP) is 3.31. The van der Waals surface area contributed by atoms with Crippen LogP contribution < -0.4 is 5.63 Å². The van der Waals surface area contributed by atoms with Gasteiger partial charge in [-0.15, -0.1) is 0 Å². The second-order valence-electron chi connectivity index (χ2n) is 4.12. The SMILES string of the molecule is Cc1cc(O)c(C(=O)C=Cc2ccccc2Br)c(=O)o1. The normalized spacial score (nSPS) is 10.9. The molecule has 1 heterocycles. The summed E-state index contributed by atoms with van der Waals surface area (Å²) in [5.74, 6) is -0.730. The number of hydrogen-bond acceptors (Lipinski definition) is 4. The molecule has 1 aromatic heterocycles. The lowest BCUT2D eigenvalue weighted by Crippen LogP contribution is -2.12. The third-order valence-corrected chi connectivity index (χ3v) is 3.34. The molecule has 0 amide bonds. The fourth-order valence-corrected chi connectivity index (χ4v) is 2.10. The Labute approximate surface area is 123 Å². The van der Waals surface area contributed by atoms with E-state index in [1.54, 1.807) is 6.08 Å². The number of allylic oxidation sites excluding steroid dienone is 1. The van der Waals surface area contributed by atoms with Crippen LogP contribution in [-0.2, 0) is 0 Å². The summed E-state index contributed by atoms with van der Waals surface area (Å²) >= 11 is 3.35. The average Bonchev–Trinajstić information content (AvgIpc) is 2.36. The van der Waals surface area contributed by atoms with Crippen LogP contribution in [0.1, 0.15) is 21.7 Å². The van der Waals surface area contributed by atoms with Gasteiger partial charge in [0.1, 0.15) is 17.1 Å². The van der Waals surface area contributed by atoms with Crippen LogP contribution in [0, 0.1) is 6.92 Å². The summed E-state index contributed by atoms with van der Waals surface area (Å²) in [5, 5.41) is 9.67. The van der Waals surface area contributed by atoms with Gasteiger partial charge in [-0.25, -0.2) is 4.79 Å². The van der Waals surface area contributed by atoms with E-state index in [1.165, 1.54) is 19.1 Å². The standard InChI is InChI=1S/C15H11BrO4/c1-9-8-13(18)14(15(19)20-9)12(17)7-6-10-4-2-3-5-11(10)16/h2-8,18H,1H3. The fraction of sp³-hybridized carbons (Fsp3) is 0.0667. The molecule has 0 fully saturated rings. The Bertz CT molecular complexity index is 744. The zero-order chi connectivity index (χ0) is 14.7. The molecule has 0 atom stereocenters. The molecule has 20 heavy (non-hydrogen) atoms. The van der Waals surface area contributed by atoms with Crippen molar-refractivity contribution in [1.29, 1.82) is 0 Å². The number of benzene rings is 1. The Morgan fingerprint density at radius 3 is 2.70 bits per heavy atom. The minimum absolute atomic E-state index is 0.249. The first kappa shape index (κ1) is 14.3. The molecule has 0 aliphatic rings. The van der Waals surface area contributed by atoms with Crippen molar-refractivity contribution in [2.45, 2.75) is 6.92 Å². The minimum atomic E-state index is -0.843. The van der Waals surface area contributed by atoms with Crippen LogP contribution in [0.5, 0.6) is 5.75 Å². The molecule has 0 aliphatic carbocycles. The maximum absolute atomic E-state index is 12.0. The van der Waals surface area contributed by atoms with E-state index in [2.05, 4.69) is 15.9 Å². The first-order valence-corrected chi connectivity index (χ1v) is 6.59. The van der Waals surface area contributed by atoms with E-state index >= 15 is 0 Å². The molecule has 0 spiro atoms. The smallest absolute Gasteiger partial charge is 0.351 e. The van der Waals surface area contributed by atoms with Gasteiger partial charge in [0, 0.05) is 10.5 Å². The van der Waals surface area contributed by atoms with E-state index < -0.39 is 11.4 Å². The van der Waals surface area contributed by atoms with E-state index in [4.69, 9.17) is 4.42 Å². The highest BCUT2D eigenvalue weighted by atomic mass is 79.9. The van der Waals surface area contributed by atoms with Crippen molar-refractivity contribution in [2.75, 3.05) is 0 Å². The van der Waals surface area contributed by atoms with Crippen LogP contribution in [0.25, 0.3) is 6.08 Å². The number of rotatable bonds is 3. The number of halogens is 1. The molecule has 0 saturated heterocycles. The third-order valence-electron chi connectivity index (χ3n) is 2.62. The summed E-state index contributed by atoms with van der Waals surface area (Å²) in [6.07, 6.45) is 2.78. The molecule has 4 nitrogen and oxygen atoms in total. The summed E-state index contributed by atoms with van der Waals surface area (Å²) in [7, 11) is 0. The van der Waals surface area contributed by atoms with Gasteiger partial charge in [0.05, 0.1) is 0 Å². The molecule has 5 heteroatoms. The maximum Gasteiger partial charge on any atom is 0.351 e. The Kier molecular flexibility index (Phi) is 4.20. The zero-order valence-electron chi connectivity index (χ0n) is 10.6. The van der Waals surface area contributed by atoms with Crippen LogP contribution in [0.3, 0.4) is 0 Å². The summed E-state index contributed by atoms with van der Waals surface area (Å²) in [4.78, 5) is 23.6. The number of aryl methyl sites for hydroxylation is 1. The fourth-order valence-electron chi connectivity index (χ4n) is 1.68. The zero-order valence-corrected chi connectivity index (χ0v) is 12.2. The lowest BCUT2D eigenvalue weighted by Gasteiger charge is -2.00. The molecule has 0 saturated carbocycles. The van der Waals surface area contributed by atoms with Crippen molar-refractivity contribution in [3.63, 3.8) is 0 Å². The summed E-state index contributed by atoms with van der Waals surface area (Å²) in [5.41, 5.74) is -0.417. The van der Waals surface area contributed by atoms with Gasteiger partial charge in [-0.3, -0.25) is 4.79 Å². The first-order chi connectivity index (χ1) is 9.49. The summed E-state index contributed by atoms with van der Waals surface area (Å²) < 4.78 is 5.63. The first-order valence-electron chi connectivity index (χ1n) is 5.79. The highest BCUT2D eigenvalue weighted by molar-refractivity contribution is 9.10. The van der Waals surface area contributed by atoms with Gasteiger partial charge < -0.3 is 9.52 Å². The number of ketones is 1. The molecule has 2 aromatic rings. The Morgan fingerprint density at radius 2 is 2.05 bits per heavy atom. The topological polar surface area (TPSA) is 67.5 Å². The monoisotopic (exact) mass is 334 g/mol. The summed E-state index contributed by atoms with van der Waals surface area (Å²) in [6.45, 7) is 1.52. The number of carbonyl (C=O) groups excluding carboxylic acids is 1. The number of aromatic hydroxyl groups is 1. The van der Waals surface area contributed by atoms with Crippen molar-refractivity contribution in [2.24, 2.45) is 0 Å². The van der Waals surface area contributed by atoms with Crippen LogP contribution in [0.4, 0.5) is 0 Å². The summed E-state index contributed by atoms with van der Waals surface area (Å²) in [6, 6.07) is 8.56. The van der Waals surface area contributed by atoms with Crippen LogP contribution in [0.2, 0.25) is 0 Å². The number of carbonyl (C=O) groups is 1. The largest absolute Gasteiger partial charge is 0.507 e. The van der Waals surface area contributed by atoms with Crippen molar-refractivity contribution in [3.05, 3.63) is 68.2 Å². The van der Waals surface area contributed by atoms with Gasteiger partial charge in [0.25, 0.3) is 0 Å². The van der Waals surface area contributed by atoms with E-state index in [9.17, 15) is 14.7 Å². The van der Waals surface area contributed by atoms with Crippen LogP contribution in [0.15, 0.2) is 50.1 Å². The second-order valence-corrected chi connectivity index (χ2v) is 4.98. The molecule has 0 bridgehead atoms. The molecule has 0 radical (unpaired) electrons. The third kappa shape index (κ3) is 3.05. The van der Waals surface area contributed by atoms with Gasteiger partial charge in [-0.1, -0.05) is 34.1 Å². The van der Waals surface area contributed by atoms with Gasteiger partial charge in [0.15, 0.2) is 5.78 Å². The Hall–Kier alpha value is -2.14. The quantitative estimate of drug-likeness (QED) is 0.690. The molecule has 102 valence electrons. The number of hydrogen-bond donors (Lipinski definition) is 1. The molecular weight excluding hydrogens is 324 g/mol. The Balaban J connectivity index is 2.35. The lowest BCUT2D eigenvalue weighted by molar-refractivity contribution is 0.104. The van der Waals surface area contributed by atoms with Gasteiger partial charge in [-0.05, 0) is 30.7 Å². The maximum atomic E-state index is 12.0. The van der Waals surface area contributed by atoms with E-state index in [-0.39, 0.29) is 17.1 Å². The highest BCUT2D eigenvalue weighted by Crippen LogP contribution is 2.19. The van der Waals surface area contributed by atoms with E-state index in [1.807, 2.05) is 24.3 Å². The van der Waals surface area contributed by atoms with Gasteiger partial charge >= 0.3 is 5.63 Å². The van der Waals surface area contributed by atoms with E-state index in [0.717, 1.165) is 10.0 Å². The van der Waals surface area contributed by atoms with Crippen molar-refractivity contribution in [3.8, 4) is 5.75 Å². The van der Waals surface area contributed by atoms with Crippen molar-refractivity contribution >= 4 is 27.8 Å². The highest BCUT2D eigenvalue weighted by Gasteiger charge is 2.15. The van der Waals surface area contributed by atoms with Crippen molar-refractivity contribution < 1.29 is 14.3 Å². The van der Waals surface area contributed by atoms with E-state index in [0.29, 0.717) is 0 Å². The predicted molar refractivity (Wildman–Crippen MR) is 78.9 cm³/mol. The lowest BCUT2D eigenvalue weighted by atomic mass is 10.1. The van der Waals surface area contributed by atoms with Crippen molar-refractivity contribution in [1.82, 2.24) is 0 Å². The molecule has 1 N–H and O–H groups in total. The molecular formula is C15H11BrO4. The van der Waals surface area contributed by atoms with Gasteiger partial charge in [-0.2, -0.15) is 0 Å². The van der Waals surface area contributed by atoms with Gasteiger partial charge in [0.2, 0.25) is 0 Å². The average molecular weight is 335 g/mol. The minimum Gasteiger partial charge on any atom is -0.507 e. The van der Waals surface area contributed by atoms with Crippen LogP contribution >= 0.6 is 15.9 Å². The molecule has 1 aromatic carbocycles.